The lowest BCUT2D eigenvalue weighted by atomic mass is 10.1. The van der Waals surface area contributed by atoms with Crippen LogP contribution in [0.25, 0.3) is 0 Å². The number of carbonyl (C=O) groups excluding carboxylic acids is 2. The summed E-state index contributed by atoms with van der Waals surface area (Å²) in [5.74, 6) is -1.20. The molecule has 0 radical (unpaired) electrons. The molecule has 0 spiro atoms. The molecule has 0 unspecified atom stereocenters. The molecule has 0 aliphatic heterocycles. The van der Waals surface area contributed by atoms with Crippen molar-refractivity contribution < 1.29 is 24.0 Å². The highest BCUT2D eigenvalue weighted by molar-refractivity contribution is 5.93. The molecule has 0 fully saturated rings. The highest BCUT2D eigenvalue weighted by Gasteiger charge is 2.25. The summed E-state index contributed by atoms with van der Waals surface area (Å²) < 4.78 is 10.2. The number of rotatable bonds is 6. The highest BCUT2D eigenvalue weighted by Crippen LogP contribution is 2.28. The first-order chi connectivity index (χ1) is 11.0. The Kier molecular flexibility index (Phi) is 6.27. The molecule has 1 rings (SSSR count). The van der Waals surface area contributed by atoms with Crippen molar-refractivity contribution >= 4 is 17.6 Å². The van der Waals surface area contributed by atoms with Crippen LogP contribution in [-0.2, 0) is 9.53 Å². The SMILES string of the molecule is CCOc1ccc(C(=O)O[C@H](C)C(=O)NC(C)(C)C)cc1[N+](=O)[O-]. The summed E-state index contributed by atoms with van der Waals surface area (Å²) in [6.07, 6.45) is -1.03. The van der Waals surface area contributed by atoms with Crippen LogP contribution in [0.2, 0.25) is 0 Å². The van der Waals surface area contributed by atoms with Gasteiger partial charge in [-0.15, -0.1) is 0 Å². The second kappa shape index (κ2) is 7.76. The van der Waals surface area contributed by atoms with Crippen molar-refractivity contribution in [3.05, 3.63) is 33.9 Å². The lowest BCUT2D eigenvalue weighted by Gasteiger charge is -2.23. The van der Waals surface area contributed by atoms with E-state index < -0.39 is 28.4 Å². The van der Waals surface area contributed by atoms with Gasteiger partial charge >= 0.3 is 11.7 Å². The summed E-state index contributed by atoms with van der Waals surface area (Å²) in [7, 11) is 0. The van der Waals surface area contributed by atoms with Crippen molar-refractivity contribution in [2.75, 3.05) is 6.61 Å². The third-order valence-electron chi connectivity index (χ3n) is 2.84. The first kappa shape index (κ1) is 19.4. The Labute approximate surface area is 140 Å². The number of hydrogen-bond acceptors (Lipinski definition) is 6. The molecule has 1 aromatic carbocycles. The zero-order chi connectivity index (χ0) is 18.5. The maximum Gasteiger partial charge on any atom is 0.339 e. The van der Waals surface area contributed by atoms with E-state index in [9.17, 15) is 19.7 Å². The molecule has 0 aliphatic carbocycles. The molecule has 132 valence electrons. The Balaban J connectivity index is 2.90. The van der Waals surface area contributed by atoms with E-state index in [0.29, 0.717) is 0 Å². The average Bonchev–Trinajstić information content (AvgIpc) is 2.45. The molecule has 0 aliphatic rings. The van der Waals surface area contributed by atoms with Crippen LogP contribution in [0.1, 0.15) is 45.0 Å². The van der Waals surface area contributed by atoms with Crippen LogP contribution in [0.5, 0.6) is 5.75 Å². The van der Waals surface area contributed by atoms with Gasteiger partial charge in [-0.25, -0.2) is 4.79 Å². The normalized spacial score (nSPS) is 12.2. The van der Waals surface area contributed by atoms with Gasteiger partial charge in [0.15, 0.2) is 11.9 Å². The minimum absolute atomic E-state index is 0.0273. The third-order valence-corrected chi connectivity index (χ3v) is 2.84. The van der Waals surface area contributed by atoms with Crippen molar-refractivity contribution in [2.45, 2.75) is 46.3 Å². The fourth-order valence-corrected chi connectivity index (χ4v) is 1.82. The summed E-state index contributed by atoms with van der Waals surface area (Å²) in [5, 5.41) is 13.8. The zero-order valence-electron chi connectivity index (χ0n) is 14.4. The number of nitrogens with zero attached hydrogens (tertiary/aromatic N) is 1. The van der Waals surface area contributed by atoms with Gasteiger partial charge < -0.3 is 14.8 Å². The molecule has 0 heterocycles. The molecule has 1 atom stereocenters. The number of nitro groups is 1. The van der Waals surface area contributed by atoms with E-state index in [2.05, 4.69) is 5.32 Å². The second-order valence-electron chi connectivity index (χ2n) is 6.16. The van der Waals surface area contributed by atoms with E-state index in [1.165, 1.54) is 19.1 Å². The fourth-order valence-electron chi connectivity index (χ4n) is 1.82. The molecule has 0 aromatic heterocycles. The number of esters is 1. The van der Waals surface area contributed by atoms with Crippen LogP contribution in [0.15, 0.2) is 18.2 Å². The van der Waals surface area contributed by atoms with Crippen molar-refractivity contribution in [1.82, 2.24) is 5.32 Å². The molecular weight excluding hydrogens is 316 g/mol. The van der Waals surface area contributed by atoms with E-state index in [-0.39, 0.29) is 23.6 Å². The average molecular weight is 338 g/mol. The first-order valence-corrected chi connectivity index (χ1v) is 7.49. The molecule has 0 saturated carbocycles. The van der Waals surface area contributed by atoms with Crippen LogP contribution in [0.4, 0.5) is 5.69 Å². The van der Waals surface area contributed by atoms with Crippen LogP contribution in [0.3, 0.4) is 0 Å². The number of benzene rings is 1. The van der Waals surface area contributed by atoms with E-state index in [1.54, 1.807) is 27.7 Å². The molecular formula is C16H22N2O6. The maximum absolute atomic E-state index is 12.1. The van der Waals surface area contributed by atoms with Crippen LogP contribution in [0, 0.1) is 10.1 Å². The van der Waals surface area contributed by atoms with Gasteiger partial charge in [0, 0.05) is 11.6 Å². The van der Waals surface area contributed by atoms with Crippen LogP contribution in [-0.4, -0.2) is 35.0 Å². The van der Waals surface area contributed by atoms with Crippen molar-refractivity contribution in [3.63, 3.8) is 0 Å². The van der Waals surface area contributed by atoms with E-state index >= 15 is 0 Å². The van der Waals surface area contributed by atoms with Gasteiger partial charge in [-0.2, -0.15) is 0 Å². The molecule has 24 heavy (non-hydrogen) atoms. The van der Waals surface area contributed by atoms with E-state index in [4.69, 9.17) is 9.47 Å². The number of amides is 1. The number of carbonyl (C=O) groups is 2. The highest BCUT2D eigenvalue weighted by atomic mass is 16.6. The van der Waals surface area contributed by atoms with E-state index in [0.717, 1.165) is 6.07 Å². The third kappa shape index (κ3) is 5.53. The summed E-state index contributed by atoms with van der Waals surface area (Å²) in [6.45, 7) is 8.79. The lowest BCUT2D eigenvalue weighted by molar-refractivity contribution is -0.385. The smallest absolute Gasteiger partial charge is 0.339 e. The second-order valence-corrected chi connectivity index (χ2v) is 6.16. The van der Waals surface area contributed by atoms with Gasteiger partial charge in [-0.05, 0) is 46.8 Å². The Bertz CT molecular complexity index is 636. The van der Waals surface area contributed by atoms with Gasteiger partial charge in [0.1, 0.15) is 0 Å². The van der Waals surface area contributed by atoms with Crippen molar-refractivity contribution in [3.8, 4) is 5.75 Å². The Morgan fingerprint density at radius 3 is 2.46 bits per heavy atom. The summed E-state index contributed by atoms with van der Waals surface area (Å²) in [4.78, 5) is 34.5. The number of hydrogen-bond donors (Lipinski definition) is 1. The quantitative estimate of drug-likeness (QED) is 0.485. The van der Waals surface area contributed by atoms with Gasteiger partial charge in [0.2, 0.25) is 0 Å². The monoisotopic (exact) mass is 338 g/mol. The summed E-state index contributed by atoms with van der Waals surface area (Å²) in [5.41, 5.74) is -0.825. The van der Waals surface area contributed by atoms with E-state index in [1.807, 2.05) is 0 Å². The Hall–Kier alpha value is -2.64. The Morgan fingerprint density at radius 1 is 1.33 bits per heavy atom. The molecule has 8 nitrogen and oxygen atoms in total. The maximum atomic E-state index is 12.1. The number of nitro benzene ring substituents is 1. The first-order valence-electron chi connectivity index (χ1n) is 7.49. The standard InChI is InChI=1S/C16H22N2O6/c1-6-23-13-8-7-11(9-12(13)18(21)22)15(20)24-10(2)14(19)17-16(3,4)5/h7-10H,6H2,1-5H3,(H,17,19)/t10-/m1/s1. The van der Waals surface area contributed by atoms with Gasteiger partial charge in [0.25, 0.3) is 5.91 Å². The predicted molar refractivity (Wildman–Crippen MR) is 87.0 cm³/mol. The summed E-state index contributed by atoms with van der Waals surface area (Å²) in [6, 6.07) is 3.76. The number of nitrogens with one attached hydrogen (secondary N) is 1. The van der Waals surface area contributed by atoms with Crippen molar-refractivity contribution in [2.24, 2.45) is 0 Å². The Morgan fingerprint density at radius 2 is 1.96 bits per heavy atom. The summed E-state index contributed by atoms with van der Waals surface area (Å²) >= 11 is 0. The van der Waals surface area contributed by atoms with Gasteiger partial charge in [-0.1, -0.05) is 0 Å². The minimum Gasteiger partial charge on any atom is -0.487 e. The van der Waals surface area contributed by atoms with Gasteiger partial charge in [-0.3, -0.25) is 14.9 Å². The largest absolute Gasteiger partial charge is 0.487 e. The molecule has 1 aromatic rings. The molecule has 8 heteroatoms. The van der Waals surface area contributed by atoms with Crippen LogP contribution >= 0.6 is 0 Å². The topological polar surface area (TPSA) is 108 Å². The van der Waals surface area contributed by atoms with Crippen LogP contribution < -0.4 is 10.1 Å². The predicted octanol–water partition coefficient (Wildman–Crippen LogP) is 2.45. The van der Waals surface area contributed by atoms with Crippen molar-refractivity contribution in [1.29, 1.82) is 0 Å². The molecule has 1 N–H and O–H groups in total. The zero-order valence-corrected chi connectivity index (χ0v) is 14.4. The molecule has 1 amide bonds. The fraction of sp³-hybridized carbons (Fsp3) is 0.500. The van der Waals surface area contributed by atoms with Gasteiger partial charge in [0.05, 0.1) is 17.1 Å². The minimum atomic E-state index is -1.03. The lowest BCUT2D eigenvalue weighted by Crippen LogP contribution is -2.46. The molecule has 0 saturated heterocycles. The molecule has 0 bridgehead atoms. The number of ether oxygens (including phenoxy) is 2.